The van der Waals surface area contributed by atoms with Crippen LogP contribution in [0.5, 0.6) is 0 Å². The largest absolute Gasteiger partial charge is 0.452 e. The van der Waals surface area contributed by atoms with Gasteiger partial charge < -0.3 is 10.1 Å². The normalized spacial score (nSPS) is 10.3. The lowest BCUT2D eigenvalue weighted by atomic mass is 10.2. The second kappa shape index (κ2) is 7.59. The number of rotatable bonds is 5. The first-order valence-electron chi connectivity index (χ1n) is 7.30. The highest BCUT2D eigenvalue weighted by molar-refractivity contribution is 6.33. The van der Waals surface area contributed by atoms with E-state index in [0.717, 1.165) is 5.69 Å². The summed E-state index contributed by atoms with van der Waals surface area (Å²) in [5.41, 5.74) is 1.54. The second-order valence-electron chi connectivity index (χ2n) is 4.99. The van der Waals surface area contributed by atoms with Crippen LogP contribution in [0, 0.1) is 0 Å². The molecule has 0 saturated heterocycles. The van der Waals surface area contributed by atoms with Gasteiger partial charge in [-0.05, 0) is 36.4 Å². The lowest BCUT2D eigenvalue weighted by molar-refractivity contribution is -0.119. The van der Waals surface area contributed by atoms with Crippen LogP contribution in [0.25, 0.3) is 5.69 Å². The third-order valence-electron chi connectivity index (χ3n) is 3.27. The number of carbonyl (C=O) groups is 2. The molecule has 8 heteroatoms. The molecule has 3 rings (SSSR count). The van der Waals surface area contributed by atoms with Crippen LogP contribution in [-0.2, 0) is 9.53 Å². The number of benzene rings is 2. The fourth-order valence-corrected chi connectivity index (χ4v) is 2.24. The maximum atomic E-state index is 12.0. The number of amides is 1. The fourth-order valence-electron chi connectivity index (χ4n) is 2.06. The molecule has 0 aliphatic heterocycles. The van der Waals surface area contributed by atoms with Crippen molar-refractivity contribution in [3.8, 4) is 5.69 Å². The summed E-state index contributed by atoms with van der Waals surface area (Å²) in [6, 6.07) is 13.4. The lowest BCUT2D eigenvalue weighted by Crippen LogP contribution is -2.21. The summed E-state index contributed by atoms with van der Waals surface area (Å²) in [4.78, 5) is 27.7. The molecule has 25 heavy (non-hydrogen) atoms. The van der Waals surface area contributed by atoms with Crippen molar-refractivity contribution in [2.24, 2.45) is 0 Å². The smallest absolute Gasteiger partial charge is 0.338 e. The van der Waals surface area contributed by atoms with E-state index in [4.69, 9.17) is 16.3 Å². The minimum absolute atomic E-state index is 0.328. The van der Waals surface area contributed by atoms with Crippen LogP contribution in [0.3, 0.4) is 0 Å². The number of ether oxygens (including phenoxy) is 1. The van der Waals surface area contributed by atoms with E-state index in [9.17, 15) is 9.59 Å². The van der Waals surface area contributed by atoms with Gasteiger partial charge in [0.25, 0.3) is 5.91 Å². The van der Waals surface area contributed by atoms with Crippen molar-refractivity contribution >= 4 is 29.2 Å². The van der Waals surface area contributed by atoms with Crippen LogP contribution in [0.1, 0.15) is 10.4 Å². The predicted octanol–water partition coefficient (Wildman–Crippen LogP) is 2.72. The molecule has 0 atom stereocenters. The van der Waals surface area contributed by atoms with Gasteiger partial charge in [0.2, 0.25) is 0 Å². The lowest BCUT2D eigenvalue weighted by Gasteiger charge is -2.08. The van der Waals surface area contributed by atoms with Gasteiger partial charge >= 0.3 is 5.97 Å². The number of halogens is 1. The summed E-state index contributed by atoms with van der Waals surface area (Å²) < 4.78 is 6.57. The molecule has 0 unspecified atom stereocenters. The molecule has 0 saturated carbocycles. The molecule has 126 valence electrons. The molecule has 1 N–H and O–H groups in total. The van der Waals surface area contributed by atoms with E-state index in [2.05, 4.69) is 15.4 Å². The number of anilines is 1. The number of nitrogens with zero attached hydrogens (tertiary/aromatic N) is 3. The molecular formula is C17H13ClN4O3. The quantitative estimate of drug-likeness (QED) is 0.710. The highest BCUT2D eigenvalue weighted by atomic mass is 35.5. The van der Waals surface area contributed by atoms with Crippen molar-refractivity contribution in [2.75, 3.05) is 11.9 Å². The number of aromatic nitrogens is 3. The highest BCUT2D eigenvalue weighted by Crippen LogP contribution is 2.20. The number of hydrogen-bond acceptors (Lipinski definition) is 5. The molecule has 0 fully saturated rings. The molecule has 0 bridgehead atoms. The summed E-state index contributed by atoms with van der Waals surface area (Å²) in [5, 5.41) is 6.98. The van der Waals surface area contributed by atoms with E-state index in [-0.39, 0.29) is 0 Å². The number of para-hydroxylation sites is 1. The number of nitrogens with one attached hydrogen (secondary N) is 1. The van der Waals surface area contributed by atoms with Crippen LogP contribution in [0.4, 0.5) is 5.69 Å². The molecule has 2 aromatic carbocycles. The van der Waals surface area contributed by atoms with E-state index in [1.807, 2.05) is 0 Å². The van der Waals surface area contributed by atoms with Crippen LogP contribution in [0.2, 0.25) is 5.02 Å². The Hall–Kier alpha value is -3.19. The van der Waals surface area contributed by atoms with Crippen LogP contribution in [-0.4, -0.2) is 33.2 Å². The maximum absolute atomic E-state index is 12.0. The van der Waals surface area contributed by atoms with Gasteiger partial charge in [-0.25, -0.2) is 14.5 Å². The van der Waals surface area contributed by atoms with Crippen molar-refractivity contribution in [1.29, 1.82) is 0 Å². The third-order valence-corrected chi connectivity index (χ3v) is 3.60. The second-order valence-corrected chi connectivity index (χ2v) is 5.40. The average Bonchev–Trinajstić information content (AvgIpc) is 3.16. The zero-order chi connectivity index (χ0) is 17.6. The van der Waals surface area contributed by atoms with Crippen LogP contribution in [0.15, 0.2) is 61.2 Å². The third kappa shape index (κ3) is 4.21. The number of esters is 1. The Balaban J connectivity index is 1.55. The molecule has 0 radical (unpaired) electrons. The van der Waals surface area contributed by atoms with Crippen molar-refractivity contribution in [2.45, 2.75) is 0 Å². The van der Waals surface area contributed by atoms with Gasteiger partial charge in [-0.2, -0.15) is 5.10 Å². The van der Waals surface area contributed by atoms with Gasteiger partial charge in [-0.1, -0.05) is 23.7 Å². The Bertz CT molecular complexity index is 879. The van der Waals surface area contributed by atoms with Crippen molar-refractivity contribution in [3.63, 3.8) is 0 Å². The first-order chi connectivity index (χ1) is 12.1. The minimum atomic E-state index is -0.598. The fraction of sp³-hybridized carbons (Fsp3) is 0.0588. The van der Waals surface area contributed by atoms with Crippen molar-refractivity contribution in [3.05, 3.63) is 71.8 Å². The molecule has 0 aliphatic rings. The monoisotopic (exact) mass is 356 g/mol. The molecule has 0 spiro atoms. The van der Waals surface area contributed by atoms with Gasteiger partial charge in [-0.3, -0.25) is 4.79 Å². The van der Waals surface area contributed by atoms with Gasteiger partial charge in [-0.15, -0.1) is 0 Å². The predicted molar refractivity (Wildman–Crippen MR) is 91.7 cm³/mol. The summed E-state index contributed by atoms with van der Waals surface area (Å²) in [6.07, 6.45) is 2.96. The van der Waals surface area contributed by atoms with Gasteiger partial charge in [0.15, 0.2) is 6.61 Å². The first kappa shape index (κ1) is 16.7. The Labute approximate surface area is 148 Å². The van der Waals surface area contributed by atoms with Gasteiger partial charge in [0, 0.05) is 0 Å². The van der Waals surface area contributed by atoms with Crippen molar-refractivity contribution < 1.29 is 14.3 Å². The topological polar surface area (TPSA) is 86.1 Å². The van der Waals surface area contributed by atoms with Crippen molar-refractivity contribution in [1.82, 2.24) is 14.8 Å². The summed E-state index contributed by atoms with van der Waals surface area (Å²) in [6.45, 7) is -0.408. The van der Waals surface area contributed by atoms with Crippen LogP contribution < -0.4 is 5.32 Å². The molecule has 7 nitrogen and oxygen atoms in total. The number of hydrogen-bond donors (Lipinski definition) is 1. The van der Waals surface area contributed by atoms with Crippen LogP contribution >= 0.6 is 11.6 Å². The van der Waals surface area contributed by atoms with E-state index in [1.54, 1.807) is 59.5 Å². The van der Waals surface area contributed by atoms with E-state index < -0.39 is 18.5 Å². The number of carbonyl (C=O) groups excluding carboxylic acids is 2. The molecule has 0 aliphatic carbocycles. The summed E-state index contributed by atoms with van der Waals surface area (Å²) in [7, 11) is 0. The molecule has 1 aromatic heterocycles. The van der Waals surface area contributed by atoms with E-state index in [0.29, 0.717) is 16.3 Å². The summed E-state index contributed by atoms with van der Waals surface area (Å²) >= 11 is 5.95. The molecule has 1 heterocycles. The minimum Gasteiger partial charge on any atom is -0.452 e. The average molecular weight is 357 g/mol. The molecule has 1 amide bonds. The zero-order valence-electron chi connectivity index (χ0n) is 12.9. The van der Waals surface area contributed by atoms with Gasteiger partial charge in [0.1, 0.15) is 12.7 Å². The first-order valence-corrected chi connectivity index (χ1v) is 7.68. The van der Waals surface area contributed by atoms with E-state index in [1.165, 1.54) is 6.33 Å². The highest BCUT2D eigenvalue weighted by Gasteiger charge is 2.11. The maximum Gasteiger partial charge on any atom is 0.338 e. The van der Waals surface area contributed by atoms with E-state index >= 15 is 0 Å². The SMILES string of the molecule is O=C(COC(=O)c1ccc(-n2cncn2)cc1)Nc1ccccc1Cl. The summed E-state index contributed by atoms with van der Waals surface area (Å²) in [5.74, 6) is -1.07. The Morgan fingerprint density at radius 2 is 1.88 bits per heavy atom. The van der Waals surface area contributed by atoms with Gasteiger partial charge in [0.05, 0.1) is 22.0 Å². The Morgan fingerprint density at radius 3 is 2.56 bits per heavy atom. The molecular weight excluding hydrogens is 344 g/mol. The molecule has 3 aromatic rings. The standard InChI is InChI=1S/C17H13ClN4O3/c18-14-3-1-2-4-15(14)21-16(23)9-25-17(24)12-5-7-13(8-6-12)22-11-19-10-20-22/h1-8,10-11H,9H2,(H,21,23). The Kier molecular flexibility index (Phi) is 5.06. The Morgan fingerprint density at radius 1 is 1.12 bits per heavy atom. The zero-order valence-corrected chi connectivity index (χ0v) is 13.7.